The molecule has 0 unspecified atom stereocenters. The number of pyridine rings is 1. The molecule has 0 fully saturated rings. The lowest BCUT2D eigenvalue weighted by Gasteiger charge is -2.07. The van der Waals surface area contributed by atoms with Crippen LogP contribution in [0.5, 0.6) is 0 Å². The second-order valence-corrected chi connectivity index (χ2v) is 5.99. The van der Waals surface area contributed by atoms with Crippen molar-refractivity contribution in [3.8, 4) is 0 Å². The largest absolute Gasteiger partial charge is 0.338 e. The Hall–Kier alpha value is -1.44. The van der Waals surface area contributed by atoms with Crippen molar-refractivity contribution in [1.82, 2.24) is 19.3 Å². The van der Waals surface area contributed by atoms with E-state index in [0.29, 0.717) is 6.42 Å². The van der Waals surface area contributed by atoms with Crippen molar-refractivity contribution in [3.63, 3.8) is 0 Å². The highest BCUT2D eigenvalue weighted by atomic mass is 35.5. The molecule has 0 aliphatic heterocycles. The van der Waals surface area contributed by atoms with E-state index in [4.69, 9.17) is 11.6 Å². The summed E-state index contributed by atoms with van der Waals surface area (Å²) in [6, 6.07) is 2.94. The second kappa shape index (κ2) is 5.68. The first kappa shape index (κ1) is 14.0. The topological polar surface area (TPSA) is 76.9 Å². The Balaban J connectivity index is 2.03. The van der Waals surface area contributed by atoms with Gasteiger partial charge in [0, 0.05) is 38.6 Å². The van der Waals surface area contributed by atoms with E-state index in [2.05, 4.69) is 14.7 Å². The molecule has 0 aromatic carbocycles. The number of nitrogens with one attached hydrogen (secondary N) is 1. The minimum absolute atomic E-state index is 0.0171. The summed E-state index contributed by atoms with van der Waals surface area (Å²) in [4.78, 5) is 7.85. The number of aryl methyl sites for hydroxylation is 1. The van der Waals surface area contributed by atoms with Crippen LogP contribution in [-0.2, 0) is 23.5 Å². The molecule has 2 aromatic rings. The average molecular weight is 301 g/mol. The van der Waals surface area contributed by atoms with Crippen LogP contribution in [0, 0.1) is 0 Å². The highest BCUT2D eigenvalue weighted by Gasteiger charge is 2.17. The summed E-state index contributed by atoms with van der Waals surface area (Å²) in [5.74, 6) is 0.806. The van der Waals surface area contributed by atoms with Crippen LogP contribution in [0.15, 0.2) is 35.6 Å². The van der Waals surface area contributed by atoms with Gasteiger partial charge >= 0.3 is 0 Å². The van der Waals surface area contributed by atoms with Crippen molar-refractivity contribution in [2.45, 2.75) is 11.3 Å². The van der Waals surface area contributed by atoms with Gasteiger partial charge in [-0.3, -0.25) is 0 Å². The maximum atomic E-state index is 12.0. The molecule has 0 aliphatic rings. The average Bonchev–Trinajstić information content (AvgIpc) is 2.75. The van der Waals surface area contributed by atoms with Gasteiger partial charge in [0.25, 0.3) is 0 Å². The first-order valence-electron chi connectivity index (χ1n) is 5.57. The van der Waals surface area contributed by atoms with Gasteiger partial charge in [-0.1, -0.05) is 11.6 Å². The molecule has 0 atom stereocenters. The third-order valence-corrected chi connectivity index (χ3v) is 4.48. The molecule has 2 heterocycles. The number of imidazole rings is 1. The van der Waals surface area contributed by atoms with E-state index in [9.17, 15) is 8.42 Å². The number of rotatable bonds is 5. The van der Waals surface area contributed by atoms with Crippen LogP contribution < -0.4 is 4.72 Å². The van der Waals surface area contributed by atoms with Crippen molar-refractivity contribution in [2.24, 2.45) is 7.05 Å². The predicted molar refractivity (Wildman–Crippen MR) is 71.3 cm³/mol. The predicted octanol–water partition coefficient (Wildman–Crippen LogP) is 0.989. The number of hydrogen-bond acceptors (Lipinski definition) is 4. The van der Waals surface area contributed by atoms with Crippen LogP contribution in [0.25, 0.3) is 0 Å². The second-order valence-electron chi connectivity index (χ2n) is 3.89. The van der Waals surface area contributed by atoms with Crippen molar-refractivity contribution in [3.05, 3.63) is 41.7 Å². The van der Waals surface area contributed by atoms with Gasteiger partial charge in [-0.25, -0.2) is 23.1 Å². The first-order valence-corrected chi connectivity index (χ1v) is 7.43. The fourth-order valence-corrected chi connectivity index (χ4v) is 3.07. The SMILES string of the molecule is Cn1ccnc1CCNS(=O)(=O)c1cccnc1Cl. The van der Waals surface area contributed by atoms with Crippen LogP contribution in [0.3, 0.4) is 0 Å². The minimum Gasteiger partial charge on any atom is -0.338 e. The molecule has 2 aromatic heterocycles. The zero-order valence-electron chi connectivity index (χ0n) is 10.2. The monoisotopic (exact) mass is 300 g/mol. The zero-order chi connectivity index (χ0) is 13.9. The van der Waals surface area contributed by atoms with E-state index in [0.717, 1.165) is 5.82 Å². The number of nitrogens with zero attached hydrogens (tertiary/aromatic N) is 3. The van der Waals surface area contributed by atoms with Crippen LogP contribution >= 0.6 is 11.6 Å². The molecular weight excluding hydrogens is 288 g/mol. The Morgan fingerprint density at radius 1 is 1.37 bits per heavy atom. The third-order valence-electron chi connectivity index (χ3n) is 2.58. The Morgan fingerprint density at radius 2 is 2.16 bits per heavy atom. The van der Waals surface area contributed by atoms with E-state index in [-0.39, 0.29) is 16.6 Å². The van der Waals surface area contributed by atoms with Crippen molar-refractivity contribution in [1.29, 1.82) is 0 Å². The fraction of sp³-hybridized carbons (Fsp3) is 0.273. The van der Waals surface area contributed by atoms with E-state index in [1.165, 1.54) is 18.3 Å². The standard InChI is InChI=1S/C11H13ClN4O2S/c1-16-8-7-13-10(16)4-6-15-19(17,18)9-3-2-5-14-11(9)12/h2-3,5,7-8,15H,4,6H2,1H3. The van der Waals surface area contributed by atoms with Gasteiger partial charge in [-0.15, -0.1) is 0 Å². The van der Waals surface area contributed by atoms with Gasteiger partial charge in [0.15, 0.2) is 0 Å². The molecule has 0 bridgehead atoms. The summed E-state index contributed by atoms with van der Waals surface area (Å²) in [6.07, 6.45) is 5.42. The minimum atomic E-state index is -3.64. The maximum Gasteiger partial charge on any atom is 0.243 e. The normalized spacial score (nSPS) is 11.7. The Morgan fingerprint density at radius 3 is 2.79 bits per heavy atom. The summed E-state index contributed by atoms with van der Waals surface area (Å²) in [5.41, 5.74) is 0. The summed E-state index contributed by atoms with van der Waals surface area (Å²) < 4.78 is 28.3. The summed E-state index contributed by atoms with van der Waals surface area (Å²) >= 11 is 5.77. The van der Waals surface area contributed by atoms with Crippen LogP contribution in [-0.4, -0.2) is 29.5 Å². The Kier molecular flexibility index (Phi) is 4.18. The molecule has 0 amide bonds. The summed E-state index contributed by atoms with van der Waals surface area (Å²) in [7, 11) is -1.78. The number of halogens is 1. The highest BCUT2D eigenvalue weighted by Crippen LogP contribution is 2.17. The molecule has 102 valence electrons. The third kappa shape index (κ3) is 3.31. The van der Waals surface area contributed by atoms with E-state index in [1.54, 1.807) is 6.20 Å². The molecular formula is C11H13ClN4O2S. The number of sulfonamides is 1. The van der Waals surface area contributed by atoms with Gasteiger partial charge in [-0.05, 0) is 12.1 Å². The molecule has 6 nitrogen and oxygen atoms in total. The van der Waals surface area contributed by atoms with E-state index in [1.807, 2.05) is 17.8 Å². The van der Waals surface area contributed by atoms with Crippen LogP contribution in [0.1, 0.15) is 5.82 Å². The molecule has 0 aliphatic carbocycles. The smallest absolute Gasteiger partial charge is 0.243 e. The lowest BCUT2D eigenvalue weighted by atomic mass is 10.4. The highest BCUT2D eigenvalue weighted by molar-refractivity contribution is 7.89. The van der Waals surface area contributed by atoms with E-state index >= 15 is 0 Å². The number of hydrogen-bond donors (Lipinski definition) is 1. The molecule has 0 radical (unpaired) electrons. The Bertz CT molecular complexity index is 669. The lowest BCUT2D eigenvalue weighted by Crippen LogP contribution is -2.27. The molecule has 0 saturated heterocycles. The van der Waals surface area contributed by atoms with Crippen LogP contribution in [0.2, 0.25) is 5.15 Å². The molecule has 2 rings (SSSR count). The Labute approximate surface area is 116 Å². The molecule has 0 spiro atoms. The molecule has 0 saturated carbocycles. The van der Waals surface area contributed by atoms with Crippen molar-refractivity contribution >= 4 is 21.6 Å². The summed E-state index contributed by atoms with van der Waals surface area (Å²) in [6.45, 7) is 0.248. The molecule has 19 heavy (non-hydrogen) atoms. The van der Waals surface area contributed by atoms with E-state index < -0.39 is 10.0 Å². The molecule has 8 heteroatoms. The number of aromatic nitrogens is 3. The quantitative estimate of drug-likeness (QED) is 0.835. The van der Waals surface area contributed by atoms with Gasteiger partial charge in [-0.2, -0.15) is 0 Å². The first-order chi connectivity index (χ1) is 9.00. The van der Waals surface area contributed by atoms with Crippen molar-refractivity contribution in [2.75, 3.05) is 6.54 Å². The molecule has 1 N–H and O–H groups in total. The van der Waals surface area contributed by atoms with Gasteiger partial charge < -0.3 is 4.57 Å². The lowest BCUT2D eigenvalue weighted by molar-refractivity contribution is 0.579. The zero-order valence-corrected chi connectivity index (χ0v) is 11.8. The summed E-state index contributed by atoms with van der Waals surface area (Å²) in [5, 5.41) is -0.0352. The van der Waals surface area contributed by atoms with Gasteiger partial charge in [0.05, 0.1) is 0 Å². The maximum absolute atomic E-state index is 12.0. The van der Waals surface area contributed by atoms with Gasteiger partial charge in [0.2, 0.25) is 10.0 Å². The fourth-order valence-electron chi connectivity index (χ4n) is 1.58. The van der Waals surface area contributed by atoms with Crippen LogP contribution in [0.4, 0.5) is 0 Å². The van der Waals surface area contributed by atoms with Gasteiger partial charge in [0.1, 0.15) is 15.9 Å². The van der Waals surface area contributed by atoms with Crippen molar-refractivity contribution < 1.29 is 8.42 Å².